The van der Waals surface area contributed by atoms with E-state index < -0.39 is 12.6 Å². The van der Waals surface area contributed by atoms with Crippen molar-refractivity contribution in [2.45, 2.75) is 18.9 Å². The Morgan fingerprint density at radius 3 is 2.67 bits per heavy atom. The first-order valence-electron chi connectivity index (χ1n) is 4.99. The lowest BCUT2D eigenvalue weighted by Crippen LogP contribution is -2.11. The van der Waals surface area contributed by atoms with Crippen LogP contribution in [0.15, 0.2) is 12.1 Å². The molecule has 0 atom stereocenters. The van der Waals surface area contributed by atoms with Gasteiger partial charge in [0.15, 0.2) is 0 Å². The summed E-state index contributed by atoms with van der Waals surface area (Å²) in [6, 6.07) is 2.81. The Bertz CT molecular complexity index is 441. The molecule has 0 heterocycles. The Labute approximate surface area is 116 Å². The molecule has 1 aromatic carbocycles. The number of hydrogen-bond donors (Lipinski definition) is 0. The number of alkyl halides is 3. The lowest BCUT2D eigenvalue weighted by molar-refractivity contribution is -0.0504. The van der Waals surface area contributed by atoms with E-state index in [9.17, 15) is 13.6 Å². The molecule has 100 valence electrons. The first kappa shape index (κ1) is 15.2. The zero-order valence-electron chi connectivity index (χ0n) is 9.38. The van der Waals surface area contributed by atoms with E-state index in [4.69, 9.17) is 16.3 Å². The number of carbonyl (C=O) groups is 1. The van der Waals surface area contributed by atoms with Crippen LogP contribution in [0, 0.1) is 0 Å². The molecule has 0 saturated carbocycles. The molecule has 18 heavy (non-hydrogen) atoms. The molecule has 0 amide bonds. The van der Waals surface area contributed by atoms with Gasteiger partial charge in [0.2, 0.25) is 0 Å². The number of carbonyl (C=O) groups excluding carboxylic acids is 1. The molecular formula is C11H10BrClF2O3. The van der Waals surface area contributed by atoms with Crippen molar-refractivity contribution in [2.75, 3.05) is 6.61 Å². The highest BCUT2D eigenvalue weighted by atomic mass is 79.9. The number of benzene rings is 1. The minimum Gasteiger partial charge on any atom is -0.462 e. The van der Waals surface area contributed by atoms with Crippen molar-refractivity contribution in [3.63, 3.8) is 0 Å². The molecule has 0 fully saturated rings. The van der Waals surface area contributed by atoms with Gasteiger partial charge in [0, 0.05) is 5.33 Å². The maximum Gasteiger partial charge on any atom is 0.387 e. The van der Waals surface area contributed by atoms with Crippen molar-refractivity contribution in [2.24, 2.45) is 0 Å². The molecular weight excluding hydrogens is 333 g/mol. The summed E-state index contributed by atoms with van der Waals surface area (Å²) in [6.07, 6.45) is 0. The highest BCUT2D eigenvalue weighted by Crippen LogP contribution is 2.31. The fourth-order valence-electron chi connectivity index (χ4n) is 1.30. The van der Waals surface area contributed by atoms with E-state index in [2.05, 4.69) is 20.7 Å². The topological polar surface area (TPSA) is 35.5 Å². The van der Waals surface area contributed by atoms with Crippen LogP contribution in [0.5, 0.6) is 5.75 Å². The minimum absolute atomic E-state index is 0.0149. The minimum atomic E-state index is -3.04. The van der Waals surface area contributed by atoms with Gasteiger partial charge in [0.1, 0.15) is 11.3 Å². The molecule has 0 radical (unpaired) electrons. The highest BCUT2D eigenvalue weighted by Gasteiger charge is 2.21. The molecule has 0 aliphatic carbocycles. The molecule has 0 saturated heterocycles. The standard InChI is InChI=1S/C11H10BrClF2O3/c1-2-17-10(16)9-7(13)3-6(5-12)4-8(9)18-11(14)15/h3-4,11H,2,5H2,1H3. The van der Waals surface area contributed by atoms with E-state index in [-0.39, 0.29) is 22.9 Å². The molecule has 0 spiro atoms. The molecule has 3 nitrogen and oxygen atoms in total. The van der Waals surface area contributed by atoms with E-state index >= 15 is 0 Å². The maximum atomic E-state index is 12.3. The third kappa shape index (κ3) is 3.81. The lowest BCUT2D eigenvalue weighted by atomic mass is 10.1. The second-order valence-corrected chi connectivity index (χ2v) is 4.15. The van der Waals surface area contributed by atoms with Crippen LogP contribution in [0.3, 0.4) is 0 Å². The van der Waals surface area contributed by atoms with E-state index in [1.807, 2.05) is 0 Å². The van der Waals surface area contributed by atoms with Gasteiger partial charge in [-0.15, -0.1) is 0 Å². The molecule has 7 heteroatoms. The largest absolute Gasteiger partial charge is 0.462 e. The Balaban J connectivity index is 3.23. The predicted octanol–water partition coefficient (Wildman–Crippen LogP) is 4.01. The Hall–Kier alpha value is -0.880. The summed E-state index contributed by atoms with van der Waals surface area (Å²) in [4.78, 5) is 11.6. The number of rotatable bonds is 5. The van der Waals surface area contributed by atoms with Crippen molar-refractivity contribution < 1.29 is 23.0 Å². The van der Waals surface area contributed by atoms with E-state index in [1.54, 1.807) is 6.92 Å². The molecule has 0 N–H and O–H groups in total. The molecule has 0 bridgehead atoms. The number of esters is 1. The zero-order chi connectivity index (χ0) is 13.7. The molecule has 1 aromatic rings. The van der Waals surface area contributed by atoms with E-state index in [1.165, 1.54) is 12.1 Å². The van der Waals surface area contributed by atoms with Crippen molar-refractivity contribution in [3.05, 3.63) is 28.3 Å². The number of hydrogen-bond acceptors (Lipinski definition) is 3. The second kappa shape index (κ2) is 6.89. The van der Waals surface area contributed by atoms with Gasteiger partial charge in [-0.2, -0.15) is 8.78 Å². The third-order valence-electron chi connectivity index (χ3n) is 1.96. The van der Waals surface area contributed by atoms with Crippen LogP contribution in [0.4, 0.5) is 8.78 Å². The summed E-state index contributed by atoms with van der Waals surface area (Å²) in [5, 5.41) is 0.413. The summed E-state index contributed by atoms with van der Waals surface area (Å²) < 4.78 is 33.6. The van der Waals surface area contributed by atoms with E-state index in [0.717, 1.165) is 0 Å². The summed E-state index contributed by atoms with van der Waals surface area (Å²) in [5.74, 6) is -1.08. The molecule has 1 rings (SSSR count). The predicted molar refractivity (Wildman–Crippen MR) is 66.7 cm³/mol. The Kier molecular flexibility index (Phi) is 5.81. The quantitative estimate of drug-likeness (QED) is 0.598. The van der Waals surface area contributed by atoms with Crippen LogP contribution in [0.1, 0.15) is 22.8 Å². The first-order chi connectivity index (χ1) is 8.49. The first-order valence-corrected chi connectivity index (χ1v) is 6.49. The summed E-state index contributed by atoms with van der Waals surface area (Å²) >= 11 is 9.05. The smallest absolute Gasteiger partial charge is 0.387 e. The van der Waals surface area contributed by atoms with Crippen LogP contribution in [0.2, 0.25) is 5.02 Å². The lowest BCUT2D eigenvalue weighted by Gasteiger charge is -2.12. The van der Waals surface area contributed by atoms with Gasteiger partial charge >= 0.3 is 12.6 Å². The third-order valence-corrected chi connectivity index (χ3v) is 2.91. The van der Waals surface area contributed by atoms with Crippen LogP contribution in [0.25, 0.3) is 0 Å². The van der Waals surface area contributed by atoms with Gasteiger partial charge in [-0.1, -0.05) is 27.5 Å². The van der Waals surface area contributed by atoms with Crippen LogP contribution >= 0.6 is 27.5 Å². The van der Waals surface area contributed by atoms with Crippen molar-refractivity contribution in [1.29, 1.82) is 0 Å². The number of ether oxygens (including phenoxy) is 2. The highest BCUT2D eigenvalue weighted by molar-refractivity contribution is 9.08. The summed E-state index contributed by atoms with van der Waals surface area (Å²) in [5.41, 5.74) is 0.423. The van der Waals surface area contributed by atoms with Crippen LogP contribution in [-0.2, 0) is 10.1 Å². The SMILES string of the molecule is CCOC(=O)c1c(Cl)cc(CBr)cc1OC(F)F. The van der Waals surface area contributed by atoms with Crippen LogP contribution < -0.4 is 4.74 Å². The molecule has 0 unspecified atom stereocenters. The van der Waals surface area contributed by atoms with Crippen molar-refractivity contribution in [1.82, 2.24) is 0 Å². The van der Waals surface area contributed by atoms with Gasteiger partial charge in [-0.3, -0.25) is 0 Å². The summed E-state index contributed by atoms with van der Waals surface area (Å²) in [7, 11) is 0. The van der Waals surface area contributed by atoms with Gasteiger partial charge in [0.05, 0.1) is 11.6 Å². The van der Waals surface area contributed by atoms with Gasteiger partial charge < -0.3 is 9.47 Å². The molecule has 0 aliphatic heterocycles. The van der Waals surface area contributed by atoms with Gasteiger partial charge in [-0.25, -0.2) is 4.79 Å². The average Bonchev–Trinajstić information content (AvgIpc) is 2.27. The van der Waals surface area contributed by atoms with Gasteiger partial charge in [0.25, 0.3) is 0 Å². The fraction of sp³-hybridized carbons (Fsp3) is 0.364. The second-order valence-electron chi connectivity index (χ2n) is 3.18. The summed E-state index contributed by atoms with van der Waals surface area (Å²) in [6.45, 7) is -1.32. The zero-order valence-corrected chi connectivity index (χ0v) is 11.7. The normalized spacial score (nSPS) is 10.6. The number of halogens is 4. The maximum absolute atomic E-state index is 12.3. The van der Waals surface area contributed by atoms with E-state index in [0.29, 0.717) is 10.9 Å². The Morgan fingerprint density at radius 2 is 2.17 bits per heavy atom. The average molecular weight is 344 g/mol. The van der Waals surface area contributed by atoms with Crippen LogP contribution in [-0.4, -0.2) is 19.2 Å². The van der Waals surface area contributed by atoms with Crippen molar-refractivity contribution >= 4 is 33.5 Å². The van der Waals surface area contributed by atoms with Gasteiger partial charge in [-0.05, 0) is 24.6 Å². The van der Waals surface area contributed by atoms with Crippen molar-refractivity contribution in [3.8, 4) is 5.75 Å². The fourth-order valence-corrected chi connectivity index (χ4v) is 1.94. The molecule has 0 aromatic heterocycles. The molecule has 0 aliphatic rings. The Morgan fingerprint density at radius 1 is 1.50 bits per heavy atom. The monoisotopic (exact) mass is 342 g/mol.